The van der Waals surface area contributed by atoms with Gasteiger partial charge in [0.25, 0.3) is 11.8 Å². The number of hydrogen-bond donors (Lipinski definition) is 1. The Morgan fingerprint density at radius 1 is 1.00 bits per heavy atom. The Morgan fingerprint density at radius 2 is 1.62 bits per heavy atom. The summed E-state index contributed by atoms with van der Waals surface area (Å²) in [4.78, 5) is 29.6. The van der Waals surface area contributed by atoms with E-state index in [0.717, 1.165) is 24.5 Å². The first-order valence-electron chi connectivity index (χ1n) is 11.0. The highest BCUT2D eigenvalue weighted by atomic mass is 16.5. The first-order valence-corrected chi connectivity index (χ1v) is 11.0. The highest BCUT2D eigenvalue weighted by molar-refractivity contribution is 6.36. The van der Waals surface area contributed by atoms with E-state index in [4.69, 9.17) is 4.74 Å². The molecule has 2 aromatic carbocycles. The maximum Gasteiger partial charge on any atom is 0.278 e. The lowest BCUT2D eigenvalue weighted by molar-refractivity contribution is -0.136. The van der Waals surface area contributed by atoms with Crippen molar-refractivity contribution >= 4 is 28.8 Å². The van der Waals surface area contributed by atoms with Crippen LogP contribution < -0.4 is 15.0 Å². The van der Waals surface area contributed by atoms with Crippen LogP contribution in [0.25, 0.3) is 5.57 Å². The van der Waals surface area contributed by atoms with E-state index >= 15 is 0 Å². The number of benzene rings is 2. The molecule has 0 bridgehead atoms. The van der Waals surface area contributed by atoms with Crippen LogP contribution in [0.2, 0.25) is 0 Å². The first kappa shape index (κ1) is 23.1. The Labute approximate surface area is 190 Å². The molecule has 3 rings (SSSR count). The van der Waals surface area contributed by atoms with E-state index in [0.29, 0.717) is 16.9 Å². The molecule has 0 fully saturated rings. The van der Waals surface area contributed by atoms with Crippen LogP contribution in [0.4, 0.5) is 11.4 Å². The van der Waals surface area contributed by atoms with Crippen molar-refractivity contribution in [1.82, 2.24) is 4.90 Å². The van der Waals surface area contributed by atoms with Crippen LogP contribution in [-0.2, 0) is 9.59 Å². The summed E-state index contributed by atoms with van der Waals surface area (Å²) in [7, 11) is 0. The maximum atomic E-state index is 13.1. The van der Waals surface area contributed by atoms with Gasteiger partial charge in [0.1, 0.15) is 11.4 Å². The monoisotopic (exact) mass is 433 g/mol. The summed E-state index contributed by atoms with van der Waals surface area (Å²) in [6.07, 6.45) is 1.60. The fraction of sp³-hybridized carbons (Fsp3) is 0.308. The summed E-state index contributed by atoms with van der Waals surface area (Å²) in [6, 6.07) is 15.1. The SMILES string of the molecule is C=CCN1C(=O)C(Nc2ccc(N(CC)CC)cc2)=C(c2ccc(OC(C)C)cc2)C1=O. The van der Waals surface area contributed by atoms with E-state index < -0.39 is 0 Å². The van der Waals surface area contributed by atoms with Crippen molar-refractivity contribution in [2.75, 3.05) is 29.9 Å². The number of hydrogen-bond acceptors (Lipinski definition) is 5. The molecular formula is C26H31N3O3. The fourth-order valence-electron chi connectivity index (χ4n) is 3.72. The molecule has 0 unspecified atom stereocenters. The van der Waals surface area contributed by atoms with Crippen molar-refractivity contribution in [3.63, 3.8) is 0 Å². The van der Waals surface area contributed by atoms with Gasteiger partial charge in [0.15, 0.2) is 0 Å². The molecule has 0 atom stereocenters. The summed E-state index contributed by atoms with van der Waals surface area (Å²) in [6.45, 7) is 13.8. The van der Waals surface area contributed by atoms with E-state index in [9.17, 15) is 9.59 Å². The number of amides is 2. The molecule has 32 heavy (non-hydrogen) atoms. The predicted molar refractivity (Wildman–Crippen MR) is 130 cm³/mol. The van der Waals surface area contributed by atoms with Gasteiger partial charge in [-0.25, -0.2) is 0 Å². The normalized spacial score (nSPS) is 13.7. The Morgan fingerprint density at radius 3 is 2.16 bits per heavy atom. The highest BCUT2D eigenvalue weighted by Crippen LogP contribution is 2.32. The average molecular weight is 434 g/mol. The molecule has 6 heteroatoms. The van der Waals surface area contributed by atoms with Crippen LogP contribution in [0.1, 0.15) is 33.3 Å². The van der Waals surface area contributed by atoms with Gasteiger partial charge in [-0.05, 0) is 69.7 Å². The summed E-state index contributed by atoms with van der Waals surface area (Å²) < 4.78 is 5.70. The minimum absolute atomic E-state index is 0.0504. The lowest BCUT2D eigenvalue weighted by Gasteiger charge is -2.21. The van der Waals surface area contributed by atoms with Crippen molar-refractivity contribution < 1.29 is 14.3 Å². The molecule has 1 heterocycles. The van der Waals surface area contributed by atoms with Crippen molar-refractivity contribution in [3.05, 3.63) is 72.4 Å². The van der Waals surface area contributed by atoms with Crippen LogP contribution in [0.3, 0.4) is 0 Å². The third-order valence-electron chi connectivity index (χ3n) is 5.26. The van der Waals surface area contributed by atoms with E-state index in [1.54, 1.807) is 18.2 Å². The zero-order chi connectivity index (χ0) is 23.3. The highest BCUT2D eigenvalue weighted by Gasteiger charge is 2.38. The lowest BCUT2D eigenvalue weighted by Crippen LogP contribution is -2.32. The molecule has 0 aromatic heterocycles. The van der Waals surface area contributed by atoms with Crippen LogP contribution in [0.5, 0.6) is 5.75 Å². The zero-order valence-corrected chi connectivity index (χ0v) is 19.2. The molecule has 0 saturated carbocycles. The van der Waals surface area contributed by atoms with Gasteiger partial charge in [0.2, 0.25) is 0 Å². The van der Waals surface area contributed by atoms with Crippen LogP contribution >= 0.6 is 0 Å². The molecule has 1 aliphatic heterocycles. The van der Waals surface area contributed by atoms with Crippen molar-refractivity contribution in [2.45, 2.75) is 33.8 Å². The van der Waals surface area contributed by atoms with E-state index in [1.165, 1.54) is 4.90 Å². The van der Waals surface area contributed by atoms with Crippen molar-refractivity contribution in [2.24, 2.45) is 0 Å². The van der Waals surface area contributed by atoms with E-state index in [2.05, 4.69) is 30.6 Å². The Hall–Kier alpha value is -3.54. The van der Waals surface area contributed by atoms with Crippen LogP contribution in [-0.4, -0.2) is 42.5 Å². The predicted octanol–water partition coefficient (Wildman–Crippen LogP) is 4.70. The number of nitrogens with zero attached hydrogens (tertiary/aromatic N) is 2. The number of ether oxygens (including phenoxy) is 1. The molecule has 0 saturated heterocycles. The molecule has 0 aliphatic carbocycles. The summed E-state index contributed by atoms with van der Waals surface area (Å²) in [5.41, 5.74) is 3.13. The van der Waals surface area contributed by atoms with Gasteiger partial charge in [0, 0.05) is 31.0 Å². The average Bonchev–Trinajstić information content (AvgIpc) is 3.00. The van der Waals surface area contributed by atoms with E-state index in [-0.39, 0.29) is 30.2 Å². The quantitative estimate of drug-likeness (QED) is 0.435. The number of nitrogens with one attached hydrogen (secondary N) is 1. The van der Waals surface area contributed by atoms with E-state index in [1.807, 2.05) is 50.2 Å². The number of carbonyl (C=O) groups is 2. The molecule has 0 spiro atoms. The second kappa shape index (κ2) is 10.2. The molecule has 6 nitrogen and oxygen atoms in total. The number of imide groups is 1. The summed E-state index contributed by atoms with van der Waals surface area (Å²) in [5.74, 6) is 0.0143. The van der Waals surface area contributed by atoms with Crippen molar-refractivity contribution in [1.29, 1.82) is 0 Å². The van der Waals surface area contributed by atoms with Crippen LogP contribution in [0.15, 0.2) is 66.9 Å². The molecule has 0 radical (unpaired) electrons. The van der Waals surface area contributed by atoms with Gasteiger partial charge in [-0.2, -0.15) is 0 Å². The van der Waals surface area contributed by atoms with Gasteiger partial charge >= 0.3 is 0 Å². The standard InChI is InChI=1S/C26H31N3O3/c1-6-17-29-25(30)23(19-9-15-22(16-10-19)32-18(4)5)24(26(29)31)27-20-11-13-21(14-12-20)28(7-2)8-3/h6,9-16,18,27H,1,7-8,17H2,2-5H3. The maximum absolute atomic E-state index is 13.1. The summed E-state index contributed by atoms with van der Waals surface area (Å²) in [5, 5.41) is 3.19. The zero-order valence-electron chi connectivity index (χ0n) is 19.2. The molecule has 1 aliphatic rings. The molecule has 2 aromatic rings. The van der Waals surface area contributed by atoms with Crippen LogP contribution in [0, 0.1) is 0 Å². The minimum Gasteiger partial charge on any atom is -0.491 e. The number of rotatable bonds is 10. The second-order valence-corrected chi connectivity index (χ2v) is 7.79. The molecule has 168 valence electrons. The van der Waals surface area contributed by atoms with Gasteiger partial charge < -0.3 is 15.0 Å². The summed E-state index contributed by atoms with van der Waals surface area (Å²) >= 11 is 0. The fourth-order valence-corrected chi connectivity index (χ4v) is 3.72. The molecular weight excluding hydrogens is 402 g/mol. The van der Waals surface area contributed by atoms with Gasteiger partial charge in [-0.3, -0.25) is 14.5 Å². The molecule has 1 N–H and O–H groups in total. The largest absolute Gasteiger partial charge is 0.491 e. The number of anilines is 2. The Bertz CT molecular complexity index is 1000. The molecule has 2 amide bonds. The first-order chi connectivity index (χ1) is 15.4. The van der Waals surface area contributed by atoms with Gasteiger partial charge in [-0.1, -0.05) is 18.2 Å². The second-order valence-electron chi connectivity index (χ2n) is 7.79. The minimum atomic E-state index is -0.361. The number of carbonyl (C=O) groups excluding carboxylic acids is 2. The van der Waals surface area contributed by atoms with Gasteiger partial charge in [0.05, 0.1) is 11.7 Å². The Kier molecular flexibility index (Phi) is 7.36. The third-order valence-corrected chi connectivity index (χ3v) is 5.26. The Balaban J connectivity index is 1.96. The van der Waals surface area contributed by atoms with Gasteiger partial charge in [-0.15, -0.1) is 6.58 Å². The topological polar surface area (TPSA) is 61.9 Å². The van der Waals surface area contributed by atoms with Crippen molar-refractivity contribution in [3.8, 4) is 5.75 Å². The smallest absolute Gasteiger partial charge is 0.278 e. The third kappa shape index (κ3) is 4.85. The lowest BCUT2D eigenvalue weighted by atomic mass is 10.0.